The Morgan fingerprint density at radius 1 is 0.900 bits per heavy atom. The highest BCUT2D eigenvalue weighted by Crippen LogP contribution is 2.26. The second-order valence-corrected chi connectivity index (χ2v) is 8.40. The van der Waals surface area contributed by atoms with Crippen molar-refractivity contribution in [2.24, 2.45) is 0 Å². The number of anilines is 1. The SMILES string of the molecule is O=C(Nc1ccc(Cl)c(Cl)c1)c1nc(-c2ccc(Br)cc2)n(-c2ccc(Cl)cc2)n1. The first-order valence-electron chi connectivity index (χ1n) is 8.66. The van der Waals surface area contributed by atoms with Crippen molar-refractivity contribution < 1.29 is 4.79 Å². The van der Waals surface area contributed by atoms with Crippen LogP contribution < -0.4 is 5.32 Å². The molecule has 30 heavy (non-hydrogen) atoms. The second kappa shape index (κ2) is 8.78. The van der Waals surface area contributed by atoms with Gasteiger partial charge >= 0.3 is 0 Å². The van der Waals surface area contributed by atoms with Gasteiger partial charge in [-0.05, 0) is 54.6 Å². The number of carbonyl (C=O) groups is 1. The molecule has 0 aliphatic rings. The minimum Gasteiger partial charge on any atom is -0.319 e. The van der Waals surface area contributed by atoms with Crippen LogP contribution in [0.4, 0.5) is 5.69 Å². The minimum atomic E-state index is -0.473. The first-order chi connectivity index (χ1) is 14.4. The molecule has 0 bridgehead atoms. The Balaban J connectivity index is 1.74. The summed E-state index contributed by atoms with van der Waals surface area (Å²) in [7, 11) is 0. The summed E-state index contributed by atoms with van der Waals surface area (Å²) >= 11 is 21.4. The van der Waals surface area contributed by atoms with Crippen LogP contribution in [0.3, 0.4) is 0 Å². The number of rotatable bonds is 4. The quantitative estimate of drug-likeness (QED) is 0.317. The predicted octanol–water partition coefficient (Wildman–Crippen LogP) is 6.91. The summed E-state index contributed by atoms with van der Waals surface area (Å²) in [4.78, 5) is 17.3. The highest BCUT2D eigenvalue weighted by atomic mass is 79.9. The molecule has 5 nitrogen and oxygen atoms in total. The Bertz CT molecular complexity index is 1160. The molecule has 1 heterocycles. The second-order valence-electron chi connectivity index (χ2n) is 6.24. The lowest BCUT2D eigenvalue weighted by Gasteiger charge is -2.06. The number of hydrogen-bond acceptors (Lipinski definition) is 3. The number of carbonyl (C=O) groups excluding carboxylic acids is 1. The molecule has 4 aromatic rings. The Labute approximate surface area is 195 Å². The molecule has 0 aliphatic heterocycles. The average Bonchev–Trinajstić information content (AvgIpc) is 3.17. The fourth-order valence-corrected chi connectivity index (χ4v) is 3.41. The predicted molar refractivity (Wildman–Crippen MR) is 124 cm³/mol. The minimum absolute atomic E-state index is 0.00828. The van der Waals surface area contributed by atoms with E-state index in [0.717, 1.165) is 15.7 Å². The molecular weight excluding hydrogens is 511 g/mol. The average molecular weight is 523 g/mol. The van der Waals surface area contributed by atoms with E-state index >= 15 is 0 Å². The van der Waals surface area contributed by atoms with Gasteiger partial charge in [-0.15, -0.1) is 5.10 Å². The van der Waals surface area contributed by atoms with Crippen molar-refractivity contribution in [2.45, 2.75) is 0 Å². The zero-order chi connectivity index (χ0) is 21.3. The van der Waals surface area contributed by atoms with Gasteiger partial charge in [0.25, 0.3) is 5.91 Å². The first kappa shape index (κ1) is 20.9. The molecule has 0 aliphatic carbocycles. The normalized spacial score (nSPS) is 10.8. The largest absolute Gasteiger partial charge is 0.319 e. The molecule has 0 unspecified atom stereocenters. The number of nitrogens with zero attached hydrogens (tertiary/aromatic N) is 3. The first-order valence-corrected chi connectivity index (χ1v) is 10.6. The molecule has 0 atom stereocenters. The van der Waals surface area contributed by atoms with Crippen LogP contribution in [0.25, 0.3) is 17.1 Å². The standard InChI is InChI=1S/C21H12BrCl3N4O/c22-13-3-1-12(2-4-13)20-27-19(28-29(20)16-8-5-14(23)6-9-16)21(30)26-15-7-10-17(24)18(25)11-15/h1-11H,(H,26,30). The maximum Gasteiger partial charge on any atom is 0.295 e. The summed E-state index contributed by atoms with van der Waals surface area (Å²) < 4.78 is 2.53. The van der Waals surface area contributed by atoms with Gasteiger partial charge in [0, 0.05) is 20.7 Å². The third-order valence-electron chi connectivity index (χ3n) is 4.16. The summed E-state index contributed by atoms with van der Waals surface area (Å²) in [5.74, 6) is 0.0533. The van der Waals surface area contributed by atoms with Crippen LogP contribution in [0.5, 0.6) is 0 Å². The van der Waals surface area contributed by atoms with Crippen molar-refractivity contribution >= 4 is 62.3 Å². The molecular formula is C21H12BrCl3N4O. The van der Waals surface area contributed by atoms with Crippen molar-refractivity contribution in [3.8, 4) is 17.1 Å². The topological polar surface area (TPSA) is 59.8 Å². The van der Waals surface area contributed by atoms with E-state index in [-0.39, 0.29) is 5.82 Å². The van der Waals surface area contributed by atoms with E-state index in [1.807, 2.05) is 24.3 Å². The van der Waals surface area contributed by atoms with Crippen molar-refractivity contribution in [1.82, 2.24) is 14.8 Å². The van der Waals surface area contributed by atoms with E-state index < -0.39 is 5.91 Å². The smallest absolute Gasteiger partial charge is 0.295 e. The molecule has 1 amide bonds. The van der Waals surface area contributed by atoms with Crippen LogP contribution in [0.15, 0.2) is 71.2 Å². The molecule has 4 rings (SSSR count). The molecule has 150 valence electrons. The summed E-state index contributed by atoms with van der Waals surface area (Å²) in [6.07, 6.45) is 0. The van der Waals surface area contributed by atoms with Gasteiger partial charge in [0.2, 0.25) is 5.82 Å². The van der Waals surface area contributed by atoms with Crippen molar-refractivity contribution in [3.63, 3.8) is 0 Å². The molecule has 3 aromatic carbocycles. The van der Waals surface area contributed by atoms with Gasteiger partial charge in [0.05, 0.1) is 15.7 Å². The van der Waals surface area contributed by atoms with Crippen molar-refractivity contribution in [1.29, 1.82) is 0 Å². The monoisotopic (exact) mass is 520 g/mol. The number of benzene rings is 3. The Hall–Kier alpha value is -2.38. The zero-order valence-electron chi connectivity index (χ0n) is 15.1. The van der Waals surface area contributed by atoms with Gasteiger partial charge in [0.1, 0.15) is 0 Å². The maximum absolute atomic E-state index is 12.8. The lowest BCUT2D eigenvalue weighted by molar-refractivity contribution is 0.101. The maximum atomic E-state index is 12.8. The molecule has 0 saturated heterocycles. The fraction of sp³-hybridized carbons (Fsp3) is 0. The van der Waals surface area contributed by atoms with Crippen LogP contribution in [-0.2, 0) is 0 Å². The lowest BCUT2D eigenvalue weighted by Crippen LogP contribution is -2.14. The van der Waals surface area contributed by atoms with E-state index in [0.29, 0.717) is 26.6 Å². The number of aromatic nitrogens is 3. The van der Waals surface area contributed by atoms with Gasteiger partial charge in [-0.1, -0.05) is 62.9 Å². The van der Waals surface area contributed by atoms with E-state index in [1.165, 1.54) is 0 Å². The van der Waals surface area contributed by atoms with E-state index in [9.17, 15) is 4.79 Å². The molecule has 0 spiro atoms. The Kier molecular flexibility index (Phi) is 6.11. The van der Waals surface area contributed by atoms with E-state index in [1.54, 1.807) is 47.1 Å². The molecule has 1 N–H and O–H groups in total. The fourth-order valence-electron chi connectivity index (χ4n) is 2.72. The van der Waals surface area contributed by atoms with E-state index in [2.05, 4.69) is 31.3 Å². The molecule has 0 fully saturated rings. The summed E-state index contributed by atoms with van der Waals surface area (Å²) in [6.45, 7) is 0. The number of halogens is 4. The summed E-state index contributed by atoms with van der Waals surface area (Å²) in [5.41, 5.74) is 2.01. The highest BCUT2D eigenvalue weighted by molar-refractivity contribution is 9.10. The van der Waals surface area contributed by atoms with Gasteiger partial charge in [0.15, 0.2) is 5.82 Å². The summed E-state index contributed by atoms with van der Waals surface area (Å²) in [5, 5.41) is 8.50. The van der Waals surface area contributed by atoms with Crippen LogP contribution in [0, 0.1) is 0 Å². The summed E-state index contributed by atoms with van der Waals surface area (Å²) in [6, 6.07) is 19.5. The van der Waals surface area contributed by atoms with E-state index in [4.69, 9.17) is 34.8 Å². The number of hydrogen-bond donors (Lipinski definition) is 1. The number of amides is 1. The molecule has 0 radical (unpaired) electrons. The molecule has 9 heteroatoms. The zero-order valence-corrected chi connectivity index (χ0v) is 19.0. The third-order valence-corrected chi connectivity index (χ3v) is 5.68. The lowest BCUT2D eigenvalue weighted by atomic mass is 10.2. The number of nitrogens with one attached hydrogen (secondary N) is 1. The van der Waals surface area contributed by atoms with Gasteiger partial charge in [-0.25, -0.2) is 9.67 Å². The Morgan fingerprint density at radius 2 is 1.60 bits per heavy atom. The van der Waals surface area contributed by atoms with Gasteiger partial charge < -0.3 is 5.32 Å². The van der Waals surface area contributed by atoms with Crippen molar-refractivity contribution in [3.05, 3.63) is 92.1 Å². The van der Waals surface area contributed by atoms with Gasteiger partial charge in [-0.2, -0.15) is 0 Å². The van der Waals surface area contributed by atoms with Gasteiger partial charge in [-0.3, -0.25) is 4.79 Å². The van der Waals surface area contributed by atoms with Crippen molar-refractivity contribution in [2.75, 3.05) is 5.32 Å². The molecule has 1 aromatic heterocycles. The van der Waals surface area contributed by atoms with Crippen LogP contribution in [0.2, 0.25) is 15.1 Å². The highest BCUT2D eigenvalue weighted by Gasteiger charge is 2.19. The van der Waals surface area contributed by atoms with Crippen LogP contribution in [0.1, 0.15) is 10.6 Å². The van der Waals surface area contributed by atoms with Crippen LogP contribution >= 0.6 is 50.7 Å². The van der Waals surface area contributed by atoms with Crippen LogP contribution in [-0.4, -0.2) is 20.7 Å². The Morgan fingerprint density at radius 3 is 2.27 bits per heavy atom. The molecule has 0 saturated carbocycles. The third kappa shape index (κ3) is 4.52.